The number of carbonyl (C=O) groups is 2. The number of thioether (sulfide) groups is 1. The Morgan fingerprint density at radius 2 is 2.29 bits per heavy atom. The van der Waals surface area contributed by atoms with Crippen LogP contribution < -0.4 is 0 Å². The molecule has 0 aromatic carbocycles. The molecule has 0 radical (unpaired) electrons. The highest BCUT2D eigenvalue weighted by Gasteiger charge is 2.12. The van der Waals surface area contributed by atoms with Crippen molar-refractivity contribution in [3.05, 3.63) is 17.7 Å². The minimum absolute atomic E-state index is 0.0237. The van der Waals surface area contributed by atoms with Gasteiger partial charge in [0, 0.05) is 20.2 Å². The zero-order valence-electron chi connectivity index (χ0n) is 9.81. The lowest BCUT2D eigenvalue weighted by Gasteiger charge is -1.96. The van der Waals surface area contributed by atoms with Crippen molar-refractivity contribution in [2.45, 2.75) is 6.92 Å². The Balaban J connectivity index is 2.73. The molecule has 0 saturated carbocycles. The summed E-state index contributed by atoms with van der Waals surface area (Å²) in [4.78, 5) is 25.9. The predicted molar refractivity (Wildman–Crippen MR) is 64.6 cm³/mol. The normalized spacial score (nSPS) is 9.35. The van der Waals surface area contributed by atoms with Crippen molar-refractivity contribution >= 4 is 22.8 Å². The van der Waals surface area contributed by atoms with Gasteiger partial charge in [-0.05, 0) is 5.92 Å². The van der Waals surface area contributed by atoms with E-state index in [-0.39, 0.29) is 10.9 Å². The smallest absolute Gasteiger partial charge is 0.374 e. The van der Waals surface area contributed by atoms with Crippen molar-refractivity contribution in [2.75, 3.05) is 12.9 Å². The van der Waals surface area contributed by atoms with Crippen LogP contribution in [0.1, 0.15) is 23.2 Å². The molecule has 1 aromatic rings. The largest absolute Gasteiger partial charge is 0.463 e. The number of ether oxygens (including phenoxy) is 1. The molecule has 0 spiro atoms. The maximum absolute atomic E-state index is 11.3. The van der Waals surface area contributed by atoms with Gasteiger partial charge in [-0.15, -0.1) is 0 Å². The first kappa shape index (κ1) is 13.3. The predicted octanol–water partition coefficient (Wildman–Crippen LogP) is 0.838. The molecule has 17 heavy (non-hydrogen) atoms. The van der Waals surface area contributed by atoms with Crippen molar-refractivity contribution in [3.63, 3.8) is 0 Å². The molecular weight excluding hydrogens is 240 g/mol. The van der Waals surface area contributed by atoms with E-state index in [1.165, 1.54) is 14.0 Å². The van der Waals surface area contributed by atoms with Gasteiger partial charge >= 0.3 is 5.97 Å². The van der Waals surface area contributed by atoms with Gasteiger partial charge in [-0.1, -0.05) is 17.7 Å². The summed E-state index contributed by atoms with van der Waals surface area (Å²) in [6.45, 7) is 1.49. The van der Waals surface area contributed by atoms with Gasteiger partial charge in [0.05, 0.1) is 12.9 Å². The second-order valence-electron chi connectivity index (χ2n) is 3.13. The van der Waals surface area contributed by atoms with Crippen molar-refractivity contribution in [1.82, 2.24) is 9.55 Å². The summed E-state index contributed by atoms with van der Waals surface area (Å²) in [7, 11) is 2.99. The monoisotopic (exact) mass is 252 g/mol. The molecule has 0 amide bonds. The fourth-order valence-electron chi connectivity index (χ4n) is 1.07. The number of carbonyl (C=O) groups excluding carboxylic acids is 2. The first-order chi connectivity index (χ1) is 8.04. The molecule has 0 saturated heterocycles. The Labute approximate surface area is 104 Å². The second kappa shape index (κ2) is 6.11. The Morgan fingerprint density at radius 3 is 2.88 bits per heavy atom. The molecule has 1 rings (SSSR count). The molecule has 5 nitrogen and oxygen atoms in total. The van der Waals surface area contributed by atoms with E-state index in [4.69, 9.17) is 0 Å². The lowest BCUT2D eigenvalue weighted by Crippen LogP contribution is -2.08. The van der Waals surface area contributed by atoms with Gasteiger partial charge in [0.15, 0.2) is 5.12 Å². The van der Waals surface area contributed by atoms with Crippen LogP contribution in [0.2, 0.25) is 0 Å². The quantitative estimate of drug-likeness (QED) is 0.576. The molecule has 0 fully saturated rings. The Hall–Kier alpha value is -1.74. The van der Waals surface area contributed by atoms with E-state index in [0.717, 1.165) is 11.8 Å². The number of aromatic nitrogens is 2. The third-order valence-corrected chi connectivity index (χ3v) is 2.50. The topological polar surface area (TPSA) is 61.2 Å². The van der Waals surface area contributed by atoms with Crippen LogP contribution in [0.3, 0.4) is 0 Å². The first-order valence-corrected chi connectivity index (χ1v) is 5.77. The van der Waals surface area contributed by atoms with E-state index < -0.39 is 5.97 Å². The molecular formula is C11H12N2O3S. The number of aryl methyl sites for hydroxylation is 1. The van der Waals surface area contributed by atoms with Gasteiger partial charge < -0.3 is 9.30 Å². The molecule has 6 heteroatoms. The summed E-state index contributed by atoms with van der Waals surface area (Å²) >= 11 is 1.13. The van der Waals surface area contributed by atoms with E-state index >= 15 is 0 Å². The Bertz CT molecular complexity index is 497. The third-order valence-electron chi connectivity index (χ3n) is 1.81. The minimum atomic E-state index is -0.501. The summed E-state index contributed by atoms with van der Waals surface area (Å²) in [6, 6.07) is 0. The van der Waals surface area contributed by atoms with Gasteiger partial charge in [-0.3, -0.25) is 4.79 Å². The van der Waals surface area contributed by atoms with E-state index in [2.05, 4.69) is 21.6 Å². The zero-order valence-corrected chi connectivity index (χ0v) is 10.6. The van der Waals surface area contributed by atoms with Gasteiger partial charge in [0.25, 0.3) is 0 Å². The lowest BCUT2D eigenvalue weighted by molar-refractivity contribution is -0.109. The van der Waals surface area contributed by atoms with Crippen molar-refractivity contribution in [2.24, 2.45) is 7.05 Å². The molecule has 0 aliphatic carbocycles. The lowest BCUT2D eigenvalue weighted by atomic mass is 10.5. The zero-order chi connectivity index (χ0) is 12.8. The van der Waals surface area contributed by atoms with Crippen molar-refractivity contribution in [1.29, 1.82) is 0 Å². The summed E-state index contributed by atoms with van der Waals surface area (Å²) in [6.07, 6.45) is 1.64. The van der Waals surface area contributed by atoms with Crippen LogP contribution in [-0.2, 0) is 16.6 Å². The molecule has 1 aromatic heterocycles. The number of hydrogen-bond donors (Lipinski definition) is 0. The molecule has 0 unspecified atom stereocenters. The number of nitrogens with zero attached hydrogens (tertiary/aromatic N) is 2. The van der Waals surface area contributed by atoms with Crippen LogP contribution in [0, 0.1) is 11.8 Å². The molecule has 0 N–H and O–H groups in total. The van der Waals surface area contributed by atoms with Crippen LogP contribution >= 0.6 is 11.8 Å². The maximum Gasteiger partial charge on any atom is 0.374 e. The van der Waals surface area contributed by atoms with Gasteiger partial charge in [0.2, 0.25) is 5.82 Å². The van der Waals surface area contributed by atoms with Crippen LogP contribution in [0.25, 0.3) is 0 Å². The number of imidazole rings is 1. The summed E-state index contributed by atoms with van der Waals surface area (Å²) < 4.78 is 6.12. The van der Waals surface area contributed by atoms with Gasteiger partial charge in [-0.25, -0.2) is 9.78 Å². The van der Waals surface area contributed by atoms with Crippen molar-refractivity contribution < 1.29 is 14.3 Å². The Kier molecular flexibility index (Phi) is 4.79. The highest BCUT2D eigenvalue weighted by Crippen LogP contribution is 2.02. The van der Waals surface area contributed by atoms with E-state index in [1.807, 2.05) is 0 Å². The molecule has 0 atom stereocenters. The number of esters is 1. The molecule has 1 heterocycles. The minimum Gasteiger partial charge on any atom is -0.463 e. The van der Waals surface area contributed by atoms with Crippen LogP contribution in [-0.4, -0.2) is 33.5 Å². The third kappa shape index (κ3) is 3.96. The SMILES string of the molecule is COC(=O)c1nc(C#CCSC(C)=O)cn1C. The molecule has 0 aliphatic rings. The number of methoxy groups -OCH3 is 1. The summed E-state index contributed by atoms with van der Waals surface area (Å²) in [5.41, 5.74) is 0.483. The van der Waals surface area contributed by atoms with Crippen LogP contribution in [0.15, 0.2) is 6.20 Å². The standard InChI is InChI=1S/C11H12N2O3S/c1-8(14)17-6-4-5-9-7-13(2)10(12-9)11(15)16-3/h7H,6H2,1-3H3. The van der Waals surface area contributed by atoms with Crippen LogP contribution in [0.4, 0.5) is 0 Å². The highest BCUT2D eigenvalue weighted by molar-refractivity contribution is 8.13. The molecule has 90 valence electrons. The number of rotatable bonds is 2. The first-order valence-electron chi connectivity index (χ1n) is 4.78. The number of hydrogen-bond acceptors (Lipinski definition) is 5. The maximum atomic E-state index is 11.3. The highest BCUT2D eigenvalue weighted by atomic mass is 32.2. The second-order valence-corrected chi connectivity index (χ2v) is 4.29. The van der Waals surface area contributed by atoms with Crippen LogP contribution in [0.5, 0.6) is 0 Å². The van der Waals surface area contributed by atoms with Gasteiger partial charge in [-0.2, -0.15) is 0 Å². The fourth-order valence-corrected chi connectivity index (χ4v) is 1.42. The average Bonchev–Trinajstić information content (AvgIpc) is 2.65. The summed E-state index contributed by atoms with van der Waals surface area (Å²) in [5.74, 6) is 5.69. The molecule has 0 bridgehead atoms. The fraction of sp³-hybridized carbons (Fsp3) is 0.364. The molecule has 0 aliphatic heterocycles. The average molecular weight is 252 g/mol. The van der Waals surface area contributed by atoms with E-state index in [0.29, 0.717) is 11.4 Å². The van der Waals surface area contributed by atoms with E-state index in [9.17, 15) is 9.59 Å². The Morgan fingerprint density at radius 1 is 1.59 bits per heavy atom. The van der Waals surface area contributed by atoms with Crippen molar-refractivity contribution in [3.8, 4) is 11.8 Å². The van der Waals surface area contributed by atoms with E-state index in [1.54, 1.807) is 17.8 Å². The summed E-state index contributed by atoms with van der Waals surface area (Å²) in [5, 5.41) is 0.0237. The van der Waals surface area contributed by atoms with Gasteiger partial charge in [0.1, 0.15) is 5.69 Å².